The maximum atomic E-state index is 13.1. The highest BCUT2D eigenvalue weighted by molar-refractivity contribution is 8.00. The van der Waals surface area contributed by atoms with E-state index in [-0.39, 0.29) is 11.8 Å². The lowest BCUT2D eigenvalue weighted by atomic mass is 10.1. The molecule has 2 rings (SSSR count). The first-order valence-electron chi connectivity index (χ1n) is 9.94. The van der Waals surface area contributed by atoms with Crippen LogP contribution in [-0.2, 0) is 16.1 Å². The molecule has 0 heterocycles. The van der Waals surface area contributed by atoms with Crippen molar-refractivity contribution in [1.82, 2.24) is 10.2 Å². The normalized spacial score (nSPS) is 11.6. The third-order valence-corrected chi connectivity index (χ3v) is 5.51. The Morgan fingerprint density at radius 3 is 2.25 bits per heavy atom. The minimum Gasteiger partial charge on any atom is -0.354 e. The van der Waals surface area contributed by atoms with Crippen molar-refractivity contribution in [3.63, 3.8) is 0 Å². The van der Waals surface area contributed by atoms with Crippen LogP contribution in [0.5, 0.6) is 0 Å². The number of nitrogens with one attached hydrogen (secondary N) is 1. The summed E-state index contributed by atoms with van der Waals surface area (Å²) in [5.41, 5.74) is 1.03. The molecule has 0 aliphatic heterocycles. The molecule has 0 saturated carbocycles. The zero-order valence-corrected chi connectivity index (χ0v) is 17.6. The van der Waals surface area contributed by atoms with Gasteiger partial charge in [0.15, 0.2) is 0 Å². The van der Waals surface area contributed by atoms with Crippen molar-refractivity contribution in [2.45, 2.75) is 50.6 Å². The second-order valence-corrected chi connectivity index (χ2v) is 7.73. The predicted molar refractivity (Wildman–Crippen MR) is 116 cm³/mol. The molecule has 0 unspecified atom stereocenters. The van der Waals surface area contributed by atoms with Gasteiger partial charge in [-0.2, -0.15) is 0 Å². The van der Waals surface area contributed by atoms with Crippen LogP contribution in [0.1, 0.15) is 38.7 Å². The van der Waals surface area contributed by atoms with E-state index in [0.29, 0.717) is 25.3 Å². The van der Waals surface area contributed by atoms with E-state index in [1.165, 1.54) is 11.8 Å². The van der Waals surface area contributed by atoms with Gasteiger partial charge in [0.05, 0.1) is 5.75 Å². The summed E-state index contributed by atoms with van der Waals surface area (Å²) in [4.78, 5) is 28.6. The van der Waals surface area contributed by atoms with Crippen LogP contribution in [-0.4, -0.2) is 35.1 Å². The van der Waals surface area contributed by atoms with Crippen LogP contribution >= 0.6 is 11.8 Å². The van der Waals surface area contributed by atoms with Crippen LogP contribution in [0.2, 0.25) is 0 Å². The summed E-state index contributed by atoms with van der Waals surface area (Å²) in [6.07, 6.45) is 2.56. The quantitative estimate of drug-likeness (QED) is 0.448. The van der Waals surface area contributed by atoms with Crippen LogP contribution in [0.3, 0.4) is 0 Å². The van der Waals surface area contributed by atoms with Crippen LogP contribution in [0.25, 0.3) is 0 Å². The molecule has 2 aromatic carbocycles. The van der Waals surface area contributed by atoms with Gasteiger partial charge in [0.1, 0.15) is 6.04 Å². The van der Waals surface area contributed by atoms with Crippen LogP contribution in [0.4, 0.5) is 0 Å². The molecule has 0 radical (unpaired) electrons. The molecule has 4 nitrogen and oxygen atoms in total. The molecule has 1 N–H and O–H groups in total. The first kappa shape index (κ1) is 22.0. The second-order valence-electron chi connectivity index (χ2n) is 6.68. The summed E-state index contributed by atoms with van der Waals surface area (Å²) >= 11 is 1.51. The Kier molecular flexibility index (Phi) is 9.63. The lowest BCUT2D eigenvalue weighted by Crippen LogP contribution is -2.49. The summed E-state index contributed by atoms with van der Waals surface area (Å²) in [5, 5.41) is 2.99. The lowest BCUT2D eigenvalue weighted by molar-refractivity contribution is -0.139. The summed E-state index contributed by atoms with van der Waals surface area (Å²) in [6, 6.07) is 19.3. The third-order valence-electron chi connectivity index (χ3n) is 4.52. The Bertz CT molecular complexity index is 722. The van der Waals surface area contributed by atoms with E-state index in [1.807, 2.05) is 67.6 Å². The van der Waals surface area contributed by atoms with Gasteiger partial charge in [-0.25, -0.2) is 0 Å². The second kappa shape index (κ2) is 12.2. The summed E-state index contributed by atoms with van der Waals surface area (Å²) in [7, 11) is 0. The van der Waals surface area contributed by atoms with E-state index < -0.39 is 6.04 Å². The number of nitrogens with zero attached hydrogens (tertiary/aromatic N) is 1. The highest BCUT2D eigenvalue weighted by atomic mass is 32.2. The molecular weight excluding hydrogens is 368 g/mol. The van der Waals surface area contributed by atoms with Crippen LogP contribution in [0, 0.1) is 0 Å². The number of carbonyl (C=O) groups excluding carboxylic acids is 2. The average molecular weight is 399 g/mol. The maximum absolute atomic E-state index is 13.1. The Morgan fingerprint density at radius 2 is 1.64 bits per heavy atom. The molecule has 0 aliphatic carbocycles. The molecule has 5 heteroatoms. The monoisotopic (exact) mass is 398 g/mol. The minimum absolute atomic E-state index is 0.0183. The zero-order chi connectivity index (χ0) is 20.2. The van der Waals surface area contributed by atoms with Crippen molar-refractivity contribution < 1.29 is 9.59 Å². The number of carbonyl (C=O) groups is 2. The number of unbranched alkanes of at least 4 members (excludes halogenated alkanes) is 1. The van der Waals surface area contributed by atoms with Gasteiger partial charge in [-0.3, -0.25) is 9.59 Å². The SMILES string of the molecule is CCCCNC(=O)[C@@H](CC)N(Cc1ccccc1)C(=O)CSc1ccccc1. The van der Waals surface area contributed by atoms with Gasteiger partial charge in [-0.05, 0) is 30.5 Å². The average Bonchev–Trinajstić information content (AvgIpc) is 2.73. The summed E-state index contributed by atoms with van der Waals surface area (Å²) in [5.74, 6) is 0.232. The molecule has 0 saturated heterocycles. The molecule has 0 spiro atoms. The van der Waals surface area contributed by atoms with E-state index in [9.17, 15) is 9.59 Å². The van der Waals surface area contributed by atoms with Crippen LogP contribution < -0.4 is 5.32 Å². The molecule has 1 atom stereocenters. The van der Waals surface area contributed by atoms with E-state index >= 15 is 0 Å². The van der Waals surface area contributed by atoms with Crippen molar-refractivity contribution >= 4 is 23.6 Å². The topological polar surface area (TPSA) is 49.4 Å². The molecule has 2 aromatic rings. The lowest BCUT2D eigenvalue weighted by Gasteiger charge is -2.30. The van der Waals surface area contributed by atoms with E-state index in [4.69, 9.17) is 0 Å². The number of hydrogen-bond acceptors (Lipinski definition) is 3. The maximum Gasteiger partial charge on any atom is 0.242 e. The molecule has 28 heavy (non-hydrogen) atoms. The predicted octanol–water partition coefficient (Wildman–Crippen LogP) is 4.50. The first-order valence-corrected chi connectivity index (χ1v) is 10.9. The van der Waals surface area contributed by atoms with Gasteiger partial charge in [0.25, 0.3) is 0 Å². The molecule has 2 amide bonds. The van der Waals surface area contributed by atoms with Gasteiger partial charge in [-0.15, -0.1) is 11.8 Å². The Balaban J connectivity index is 2.12. The van der Waals surface area contributed by atoms with Crippen molar-refractivity contribution in [1.29, 1.82) is 0 Å². The van der Waals surface area contributed by atoms with Crippen molar-refractivity contribution in [2.75, 3.05) is 12.3 Å². The number of thioether (sulfide) groups is 1. The molecule has 0 aliphatic rings. The molecule has 0 aromatic heterocycles. The standard InChI is InChI=1S/C23H30N2O2S/c1-3-5-16-24-23(27)21(4-2)25(17-19-12-8-6-9-13-19)22(26)18-28-20-14-10-7-11-15-20/h6-15,21H,3-5,16-18H2,1-2H3,(H,24,27)/t21-/m1/s1. The van der Waals surface area contributed by atoms with Gasteiger partial charge in [0, 0.05) is 18.0 Å². The molecule has 150 valence electrons. The Hall–Kier alpha value is -2.27. The van der Waals surface area contributed by atoms with Gasteiger partial charge in [0.2, 0.25) is 11.8 Å². The fraction of sp³-hybridized carbons (Fsp3) is 0.391. The number of amides is 2. The van der Waals surface area contributed by atoms with Gasteiger partial charge in [-0.1, -0.05) is 68.8 Å². The number of rotatable bonds is 11. The van der Waals surface area contributed by atoms with Crippen molar-refractivity contribution in [3.05, 3.63) is 66.2 Å². The Labute approximate surface area is 172 Å². The van der Waals surface area contributed by atoms with E-state index in [1.54, 1.807) is 4.90 Å². The largest absolute Gasteiger partial charge is 0.354 e. The van der Waals surface area contributed by atoms with Crippen molar-refractivity contribution in [3.8, 4) is 0 Å². The van der Waals surface area contributed by atoms with E-state index in [0.717, 1.165) is 23.3 Å². The summed E-state index contributed by atoms with van der Waals surface area (Å²) < 4.78 is 0. The first-order chi connectivity index (χ1) is 13.7. The van der Waals surface area contributed by atoms with Gasteiger partial charge < -0.3 is 10.2 Å². The van der Waals surface area contributed by atoms with Gasteiger partial charge >= 0.3 is 0 Å². The smallest absolute Gasteiger partial charge is 0.242 e. The van der Waals surface area contributed by atoms with Crippen LogP contribution in [0.15, 0.2) is 65.6 Å². The highest BCUT2D eigenvalue weighted by Crippen LogP contribution is 2.20. The fourth-order valence-corrected chi connectivity index (χ4v) is 3.76. The van der Waals surface area contributed by atoms with Crippen molar-refractivity contribution in [2.24, 2.45) is 0 Å². The molecular formula is C23H30N2O2S. The van der Waals surface area contributed by atoms with E-state index in [2.05, 4.69) is 12.2 Å². The Morgan fingerprint density at radius 1 is 1.00 bits per heavy atom. The zero-order valence-electron chi connectivity index (χ0n) is 16.8. The number of hydrogen-bond donors (Lipinski definition) is 1. The fourth-order valence-electron chi connectivity index (χ4n) is 2.95. The number of benzene rings is 2. The molecule has 0 fully saturated rings. The summed E-state index contributed by atoms with van der Waals surface area (Å²) in [6.45, 7) is 5.14. The molecule has 0 bridgehead atoms. The highest BCUT2D eigenvalue weighted by Gasteiger charge is 2.28. The third kappa shape index (κ3) is 7.04. The minimum atomic E-state index is -0.457.